The molecule has 1 N–H and O–H groups in total. The van der Waals surface area contributed by atoms with E-state index in [0.29, 0.717) is 5.92 Å². The van der Waals surface area contributed by atoms with Crippen molar-refractivity contribution in [3.05, 3.63) is 83.1 Å². The van der Waals surface area contributed by atoms with Gasteiger partial charge in [0.25, 0.3) is 0 Å². The minimum atomic E-state index is -0.325. The first kappa shape index (κ1) is 26.1. The molecule has 30 heavy (non-hydrogen) atoms. The van der Waals surface area contributed by atoms with Crippen molar-refractivity contribution in [3.63, 3.8) is 0 Å². The molecule has 0 bridgehead atoms. The third kappa shape index (κ3) is 8.83. The Labute approximate surface area is 183 Å². The largest absolute Gasteiger partial charge is 0.389 e. The van der Waals surface area contributed by atoms with Crippen molar-refractivity contribution in [2.75, 3.05) is 14.2 Å². The molecule has 0 amide bonds. The average molecular weight is 413 g/mol. The number of allylic oxidation sites excluding steroid dienone is 12. The fraction of sp³-hybridized carbons (Fsp3) is 0.481. The molecule has 0 heterocycles. The molecule has 3 nitrogen and oxygen atoms in total. The van der Waals surface area contributed by atoms with E-state index < -0.39 is 0 Å². The van der Waals surface area contributed by atoms with E-state index in [-0.39, 0.29) is 17.8 Å². The van der Waals surface area contributed by atoms with Gasteiger partial charge >= 0.3 is 0 Å². The summed E-state index contributed by atoms with van der Waals surface area (Å²) >= 11 is 0. The molecule has 0 saturated heterocycles. The molecule has 0 radical (unpaired) electrons. The van der Waals surface area contributed by atoms with Crippen LogP contribution in [0.15, 0.2) is 83.1 Å². The molecule has 3 heteroatoms. The Morgan fingerprint density at radius 2 is 1.57 bits per heavy atom. The van der Waals surface area contributed by atoms with Gasteiger partial charge in [-0.3, -0.25) is 0 Å². The van der Waals surface area contributed by atoms with E-state index in [0.717, 1.165) is 12.0 Å². The average Bonchev–Trinajstić information content (AvgIpc) is 2.64. The van der Waals surface area contributed by atoms with Gasteiger partial charge in [0.05, 0.1) is 6.10 Å². The summed E-state index contributed by atoms with van der Waals surface area (Å²) in [5.74, 6) is 0.354. The highest BCUT2D eigenvalue weighted by Gasteiger charge is 2.34. The molecule has 2 atom stereocenters. The maximum Gasteiger partial charge on any atom is 0.179 e. The van der Waals surface area contributed by atoms with Crippen LogP contribution >= 0.6 is 0 Å². The van der Waals surface area contributed by atoms with Gasteiger partial charge in [-0.15, -0.1) is 0 Å². The molecule has 0 unspecified atom stereocenters. The van der Waals surface area contributed by atoms with Gasteiger partial charge in [0.15, 0.2) is 6.29 Å². The summed E-state index contributed by atoms with van der Waals surface area (Å²) < 4.78 is 10.4. The second kappa shape index (κ2) is 12.7. The maximum absolute atomic E-state index is 9.98. The number of aliphatic hydroxyl groups excluding tert-OH is 1. The Bertz CT molecular complexity index is 753. The number of methoxy groups -OCH3 is 2. The van der Waals surface area contributed by atoms with Gasteiger partial charge in [0.2, 0.25) is 0 Å². The first-order valence-corrected chi connectivity index (χ1v) is 10.6. The molecule has 0 saturated carbocycles. The Morgan fingerprint density at radius 1 is 1.00 bits per heavy atom. The Kier molecular flexibility index (Phi) is 11.0. The van der Waals surface area contributed by atoms with E-state index in [4.69, 9.17) is 9.47 Å². The number of ether oxygens (including phenoxy) is 2. The second-order valence-corrected chi connectivity index (χ2v) is 8.79. The Hall–Kier alpha value is -1.94. The summed E-state index contributed by atoms with van der Waals surface area (Å²) in [5.41, 5.74) is 4.70. The second-order valence-electron chi connectivity index (χ2n) is 8.79. The van der Waals surface area contributed by atoms with E-state index >= 15 is 0 Å². The van der Waals surface area contributed by atoms with E-state index in [9.17, 15) is 5.11 Å². The predicted octanol–water partition coefficient (Wildman–Crippen LogP) is 6.47. The molecule has 1 rings (SSSR count). The standard InChI is InChI=1S/C27H40O3/c1-20(12-9-10-15-22(3)26(29-7)30-8)13-11-14-21(2)16-17-25-23(4)18-24(28)19-27(25,5)6/h9-18,24-26,28H,19H2,1-8H3/b10-9+,13-11+,17-16+,20-12+,21-14+,22-15+/t24-,25+/m1/s1. The van der Waals surface area contributed by atoms with Crippen LogP contribution in [0.2, 0.25) is 0 Å². The van der Waals surface area contributed by atoms with Crippen LogP contribution in [0, 0.1) is 11.3 Å². The van der Waals surface area contributed by atoms with E-state index in [1.807, 2.05) is 31.2 Å². The monoisotopic (exact) mass is 412 g/mol. The van der Waals surface area contributed by atoms with Crippen LogP contribution in [-0.2, 0) is 9.47 Å². The zero-order chi connectivity index (χ0) is 22.7. The van der Waals surface area contributed by atoms with Crippen LogP contribution in [-0.4, -0.2) is 31.7 Å². The summed E-state index contributed by atoms with van der Waals surface area (Å²) in [5, 5.41) is 9.98. The third-order valence-electron chi connectivity index (χ3n) is 5.42. The molecule has 0 aliphatic heterocycles. The van der Waals surface area contributed by atoms with Gasteiger partial charge in [-0.1, -0.05) is 91.3 Å². The molecule has 0 spiro atoms. The van der Waals surface area contributed by atoms with Crippen molar-refractivity contribution >= 4 is 0 Å². The van der Waals surface area contributed by atoms with Crippen LogP contribution in [0.3, 0.4) is 0 Å². The summed E-state index contributed by atoms with van der Waals surface area (Å²) in [6.07, 6.45) is 20.9. The van der Waals surface area contributed by atoms with Crippen molar-refractivity contribution in [1.29, 1.82) is 0 Å². The molecule has 0 aromatic rings. The van der Waals surface area contributed by atoms with Gasteiger partial charge in [0.1, 0.15) is 0 Å². The van der Waals surface area contributed by atoms with E-state index in [1.165, 1.54) is 16.7 Å². The van der Waals surface area contributed by atoms with Crippen LogP contribution < -0.4 is 0 Å². The highest BCUT2D eigenvalue weighted by molar-refractivity contribution is 5.31. The van der Waals surface area contributed by atoms with E-state index in [2.05, 4.69) is 71.1 Å². The maximum atomic E-state index is 9.98. The van der Waals surface area contributed by atoms with Crippen molar-refractivity contribution < 1.29 is 14.6 Å². The van der Waals surface area contributed by atoms with Crippen molar-refractivity contribution in [1.82, 2.24) is 0 Å². The number of hydrogen-bond acceptors (Lipinski definition) is 3. The van der Waals surface area contributed by atoms with E-state index in [1.54, 1.807) is 14.2 Å². The zero-order valence-corrected chi connectivity index (χ0v) is 20.0. The minimum Gasteiger partial charge on any atom is -0.389 e. The third-order valence-corrected chi connectivity index (χ3v) is 5.42. The Morgan fingerprint density at radius 3 is 2.17 bits per heavy atom. The van der Waals surface area contributed by atoms with Gasteiger partial charge in [-0.2, -0.15) is 0 Å². The molecule has 0 fully saturated rings. The highest BCUT2D eigenvalue weighted by Crippen LogP contribution is 2.41. The fourth-order valence-electron chi connectivity index (χ4n) is 3.83. The minimum absolute atomic E-state index is 0.0653. The summed E-state index contributed by atoms with van der Waals surface area (Å²) in [6, 6.07) is 0. The number of hydrogen-bond donors (Lipinski definition) is 1. The van der Waals surface area contributed by atoms with Crippen LogP contribution in [0.4, 0.5) is 0 Å². The lowest BCUT2D eigenvalue weighted by Crippen LogP contribution is -2.32. The lowest BCUT2D eigenvalue weighted by Gasteiger charge is -2.38. The first-order valence-electron chi connectivity index (χ1n) is 10.6. The normalized spacial score (nSPS) is 23.9. The molecule has 0 aromatic heterocycles. The Balaban J connectivity index is 2.69. The topological polar surface area (TPSA) is 38.7 Å². The van der Waals surface area contributed by atoms with Crippen LogP contribution in [0.25, 0.3) is 0 Å². The molecule has 1 aliphatic carbocycles. The first-order chi connectivity index (χ1) is 14.1. The number of rotatable bonds is 9. The zero-order valence-electron chi connectivity index (χ0n) is 20.0. The molecular weight excluding hydrogens is 372 g/mol. The molecule has 0 aromatic carbocycles. The van der Waals surface area contributed by atoms with Crippen molar-refractivity contribution in [2.24, 2.45) is 11.3 Å². The predicted molar refractivity (Wildman–Crippen MR) is 128 cm³/mol. The fourth-order valence-corrected chi connectivity index (χ4v) is 3.83. The number of aliphatic hydroxyl groups is 1. The highest BCUT2D eigenvalue weighted by atomic mass is 16.7. The van der Waals surface area contributed by atoms with Crippen molar-refractivity contribution in [2.45, 2.75) is 60.4 Å². The summed E-state index contributed by atoms with van der Waals surface area (Å²) in [6.45, 7) is 12.7. The molecular formula is C27H40O3. The SMILES string of the molecule is COC(OC)/C(C)=C/C=C/C=C(C)/C=C/C=C(C)/C=C/[C@H]1C(C)=C[C@@H](O)CC1(C)C. The quantitative estimate of drug-likeness (QED) is 0.268. The van der Waals surface area contributed by atoms with Gasteiger partial charge in [0, 0.05) is 20.1 Å². The lowest BCUT2D eigenvalue weighted by molar-refractivity contribution is -0.0746. The van der Waals surface area contributed by atoms with Crippen LogP contribution in [0.1, 0.15) is 48.0 Å². The smallest absolute Gasteiger partial charge is 0.179 e. The van der Waals surface area contributed by atoms with Gasteiger partial charge in [-0.25, -0.2) is 0 Å². The molecule has 1 aliphatic rings. The lowest BCUT2D eigenvalue weighted by atomic mass is 9.67. The summed E-state index contributed by atoms with van der Waals surface area (Å²) in [4.78, 5) is 0. The summed E-state index contributed by atoms with van der Waals surface area (Å²) in [7, 11) is 3.26. The van der Waals surface area contributed by atoms with Crippen molar-refractivity contribution in [3.8, 4) is 0 Å². The van der Waals surface area contributed by atoms with Gasteiger partial charge < -0.3 is 14.6 Å². The van der Waals surface area contributed by atoms with Crippen LogP contribution in [0.5, 0.6) is 0 Å². The van der Waals surface area contributed by atoms with Gasteiger partial charge in [-0.05, 0) is 45.1 Å². The molecule has 166 valence electrons.